The summed E-state index contributed by atoms with van der Waals surface area (Å²) in [4.78, 5) is 13.3. The molecule has 0 saturated heterocycles. The summed E-state index contributed by atoms with van der Waals surface area (Å²) in [5.74, 6) is -0.223. The van der Waals surface area contributed by atoms with Crippen molar-refractivity contribution < 1.29 is 14.6 Å². The molecule has 20 heavy (non-hydrogen) atoms. The SMILES string of the molecule is COCC(O)CN(C)C(=O)C=Cc1c(C)nn(C)c1Cl. The first-order valence-corrected chi connectivity index (χ1v) is 6.53. The minimum atomic E-state index is -0.703. The molecule has 0 saturated carbocycles. The van der Waals surface area contributed by atoms with Crippen LogP contribution in [0.15, 0.2) is 6.08 Å². The number of aryl methyl sites for hydroxylation is 2. The second kappa shape index (κ2) is 7.42. The molecule has 0 spiro atoms. The van der Waals surface area contributed by atoms with Crippen molar-refractivity contribution in [2.24, 2.45) is 7.05 Å². The normalized spacial score (nSPS) is 12.9. The Morgan fingerprint density at radius 1 is 1.65 bits per heavy atom. The van der Waals surface area contributed by atoms with Crippen molar-refractivity contribution in [1.29, 1.82) is 0 Å². The van der Waals surface area contributed by atoms with Gasteiger partial charge in [0.05, 0.1) is 18.4 Å². The standard InChI is InChI=1S/C13H20ClN3O3/c1-9-11(13(14)17(3)15-9)5-6-12(19)16(2)7-10(18)8-20-4/h5-6,10,18H,7-8H2,1-4H3. The number of hydrogen-bond acceptors (Lipinski definition) is 4. The molecule has 1 unspecified atom stereocenters. The van der Waals surface area contributed by atoms with Gasteiger partial charge in [-0.1, -0.05) is 11.6 Å². The Hall–Kier alpha value is -1.37. The minimum Gasteiger partial charge on any atom is -0.389 e. The number of aromatic nitrogens is 2. The number of carbonyl (C=O) groups is 1. The van der Waals surface area contributed by atoms with Crippen LogP contribution >= 0.6 is 11.6 Å². The smallest absolute Gasteiger partial charge is 0.246 e. The first-order chi connectivity index (χ1) is 9.36. The number of rotatable bonds is 6. The number of aliphatic hydroxyl groups is 1. The van der Waals surface area contributed by atoms with Crippen LogP contribution in [0.2, 0.25) is 5.15 Å². The number of halogens is 1. The maximum Gasteiger partial charge on any atom is 0.246 e. The molecule has 0 aliphatic rings. The molecule has 1 aromatic rings. The molecule has 1 atom stereocenters. The number of likely N-dealkylation sites (N-methyl/N-ethyl adjacent to an activating group) is 1. The van der Waals surface area contributed by atoms with Gasteiger partial charge >= 0.3 is 0 Å². The van der Waals surface area contributed by atoms with Gasteiger partial charge in [0.1, 0.15) is 5.15 Å². The molecule has 0 bridgehead atoms. The topological polar surface area (TPSA) is 67.6 Å². The molecule has 0 radical (unpaired) electrons. The Kier molecular flexibility index (Phi) is 6.19. The van der Waals surface area contributed by atoms with Crippen LogP contribution < -0.4 is 0 Å². The van der Waals surface area contributed by atoms with Crippen LogP contribution in [0.1, 0.15) is 11.3 Å². The monoisotopic (exact) mass is 301 g/mol. The Labute approximate surface area is 123 Å². The van der Waals surface area contributed by atoms with E-state index in [1.807, 2.05) is 6.92 Å². The van der Waals surface area contributed by atoms with E-state index in [4.69, 9.17) is 16.3 Å². The summed E-state index contributed by atoms with van der Waals surface area (Å²) < 4.78 is 6.36. The summed E-state index contributed by atoms with van der Waals surface area (Å²) in [5, 5.41) is 14.2. The first kappa shape index (κ1) is 16.7. The molecule has 0 aromatic carbocycles. The first-order valence-electron chi connectivity index (χ1n) is 6.16. The van der Waals surface area contributed by atoms with Gasteiger partial charge in [0.2, 0.25) is 5.91 Å². The van der Waals surface area contributed by atoms with Gasteiger partial charge in [-0.15, -0.1) is 0 Å². The van der Waals surface area contributed by atoms with E-state index in [1.165, 1.54) is 18.1 Å². The van der Waals surface area contributed by atoms with Gasteiger partial charge in [0, 0.05) is 39.4 Å². The Bertz CT molecular complexity index is 499. The van der Waals surface area contributed by atoms with Gasteiger partial charge in [0.25, 0.3) is 0 Å². The lowest BCUT2D eigenvalue weighted by atomic mass is 10.2. The molecular formula is C13H20ClN3O3. The highest BCUT2D eigenvalue weighted by atomic mass is 35.5. The van der Waals surface area contributed by atoms with Crippen molar-refractivity contribution in [2.75, 3.05) is 27.3 Å². The highest BCUT2D eigenvalue weighted by Gasteiger charge is 2.12. The fourth-order valence-electron chi connectivity index (χ4n) is 1.77. The summed E-state index contributed by atoms with van der Waals surface area (Å²) in [6, 6.07) is 0. The predicted octanol–water partition coefficient (Wildman–Crippen LogP) is 0.861. The average molecular weight is 302 g/mol. The number of carbonyl (C=O) groups excluding carboxylic acids is 1. The minimum absolute atomic E-state index is 0.189. The van der Waals surface area contributed by atoms with E-state index in [-0.39, 0.29) is 19.1 Å². The Balaban J connectivity index is 2.67. The van der Waals surface area contributed by atoms with Crippen molar-refractivity contribution in [3.8, 4) is 0 Å². The Morgan fingerprint density at radius 3 is 2.80 bits per heavy atom. The summed E-state index contributed by atoms with van der Waals surface area (Å²) in [5.41, 5.74) is 1.47. The van der Waals surface area contributed by atoms with Crippen LogP contribution in [0, 0.1) is 6.92 Å². The van der Waals surface area contributed by atoms with Gasteiger partial charge < -0.3 is 14.7 Å². The van der Waals surface area contributed by atoms with E-state index in [2.05, 4.69) is 5.10 Å². The van der Waals surface area contributed by atoms with Crippen molar-refractivity contribution in [1.82, 2.24) is 14.7 Å². The van der Waals surface area contributed by atoms with Gasteiger partial charge in [-0.05, 0) is 13.0 Å². The van der Waals surface area contributed by atoms with Gasteiger partial charge in [-0.2, -0.15) is 5.10 Å². The number of aliphatic hydroxyl groups excluding tert-OH is 1. The van der Waals surface area contributed by atoms with E-state index in [9.17, 15) is 9.90 Å². The molecule has 0 aliphatic heterocycles. The zero-order chi connectivity index (χ0) is 15.3. The van der Waals surface area contributed by atoms with E-state index < -0.39 is 6.10 Å². The highest BCUT2D eigenvalue weighted by Crippen LogP contribution is 2.19. The average Bonchev–Trinajstić information content (AvgIpc) is 2.61. The fraction of sp³-hybridized carbons (Fsp3) is 0.538. The lowest BCUT2D eigenvalue weighted by Crippen LogP contribution is -2.35. The van der Waals surface area contributed by atoms with Gasteiger partial charge in [0.15, 0.2) is 0 Å². The van der Waals surface area contributed by atoms with E-state index >= 15 is 0 Å². The van der Waals surface area contributed by atoms with Crippen LogP contribution in [0.5, 0.6) is 0 Å². The molecule has 1 amide bonds. The highest BCUT2D eigenvalue weighted by molar-refractivity contribution is 6.31. The predicted molar refractivity (Wildman–Crippen MR) is 77.5 cm³/mol. The molecule has 1 N–H and O–H groups in total. The zero-order valence-electron chi connectivity index (χ0n) is 12.1. The number of methoxy groups -OCH3 is 1. The largest absolute Gasteiger partial charge is 0.389 e. The Morgan fingerprint density at radius 2 is 2.30 bits per heavy atom. The lowest BCUT2D eigenvalue weighted by Gasteiger charge is -2.18. The number of nitrogens with zero attached hydrogens (tertiary/aromatic N) is 3. The van der Waals surface area contributed by atoms with Crippen LogP contribution in [0.3, 0.4) is 0 Å². The zero-order valence-corrected chi connectivity index (χ0v) is 12.9. The molecule has 1 rings (SSSR count). The molecule has 7 heteroatoms. The summed E-state index contributed by atoms with van der Waals surface area (Å²) >= 11 is 6.07. The quantitative estimate of drug-likeness (QED) is 0.792. The summed E-state index contributed by atoms with van der Waals surface area (Å²) in [7, 11) is 4.85. The molecule has 112 valence electrons. The van der Waals surface area contributed by atoms with E-state index in [1.54, 1.807) is 24.9 Å². The molecular weight excluding hydrogens is 282 g/mol. The van der Waals surface area contributed by atoms with Crippen molar-refractivity contribution in [3.63, 3.8) is 0 Å². The second-order valence-electron chi connectivity index (χ2n) is 4.57. The van der Waals surface area contributed by atoms with Crippen LogP contribution in [-0.4, -0.2) is 59.1 Å². The maximum atomic E-state index is 11.9. The second-order valence-corrected chi connectivity index (χ2v) is 4.93. The molecule has 0 aliphatic carbocycles. The van der Waals surface area contributed by atoms with Gasteiger partial charge in [-0.25, -0.2) is 0 Å². The van der Waals surface area contributed by atoms with Crippen molar-refractivity contribution in [3.05, 3.63) is 22.5 Å². The van der Waals surface area contributed by atoms with E-state index in [0.717, 1.165) is 5.69 Å². The molecule has 1 heterocycles. The summed E-state index contributed by atoms with van der Waals surface area (Å²) in [6.45, 7) is 2.22. The molecule has 1 aromatic heterocycles. The van der Waals surface area contributed by atoms with Crippen LogP contribution in [0.4, 0.5) is 0 Å². The fourth-order valence-corrected chi connectivity index (χ4v) is 2.01. The molecule has 0 fully saturated rings. The number of hydrogen-bond donors (Lipinski definition) is 1. The molecule has 6 nitrogen and oxygen atoms in total. The summed E-state index contributed by atoms with van der Waals surface area (Å²) in [6.07, 6.45) is 2.34. The lowest BCUT2D eigenvalue weighted by molar-refractivity contribution is -0.126. The van der Waals surface area contributed by atoms with E-state index in [0.29, 0.717) is 10.7 Å². The van der Waals surface area contributed by atoms with Crippen LogP contribution in [-0.2, 0) is 16.6 Å². The number of ether oxygens (including phenoxy) is 1. The third-order valence-corrected chi connectivity index (χ3v) is 3.26. The maximum absolute atomic E-state index is 11.9. The van der Waals surface area contributed by atoms with Crippen molar-refractivity contribution in [2.45, 2.75) is 13.0 Å². The van der Waals surface area contributed by atoms with Crippen LogP contribution in [0.25, 0.3) is 6.08 Å². The number of amides is 1. The van der Waals surface area contributed by atoms with Crippen molar-refractivity contribution >= 4 is 23.6 Å². The third kappa shape index (κ3) is 4.33. The third-order valence-electron chi connectivity index (χ3n) is 2.81. The van der Waals surface area contributed by atoms with Gasteiger partial charge in [-0.3, -0.25) is 9.48 Å².